The maximum absolute atomic E-state index is 13.6. The zero-order valence-corrected chi connectivity index (χ0v) is 28.8. The fourth-order valence-electron chi connectivity index (χ4n) is 5.27. The molecular weight excluding hydrogens is 628 g/mol. The summed E-state index contributed by atoms with van der Waals surface area (Å²) in [6.07, 6.45) is -2.10. The summed E-state index contributed by atoms with van der Waals surface area (Å²) in [5.41, 5.74) is 4.46. The number of carbonyl (C=O) groups excluding carboxylic acids is 2. The first-order chi connectivity index (χ1) is 22.9. The third-order valence-electron chi connectivity index (χ3n) is 7.85. The van der Waals surface area contributed by atoms with Crippen molar-refractivity contribution in [2.45, 2.75) is 78.7 Å². The molecular formula is C36H48N6O7. The molecule has 0 bridgehead atoms. The first-order valence-corrected chi connectivity index (χ1v) is 16.0. The van der Waals surface area contributed by atoms with E-state index in [9.17, 15) is 34.5 Å². The van der Waals surface area contributed by atoms with Crippen molar-refractivity contribution < 1.29 is 34.5 Å². The Morgan fingerprint density at radius 3 is 1.78 bits per heavy atom. The third kappa shape index (κ3) is 12.2. The van der Waals surface area contributed by atoms with Crippen LogP contribution in [0.3, 0.4) is 0 Å². The smallest absolute Gasteiger partial charge is 0.405 e. The molecule has 0 saturated heterocycles. The number of aliphatic hydroxyl groups is 1. The monoisotopic (exact) mass is 676 g/mol. The van der Waals surface area contributed by atoms with E-state index in [1.165, 1.54) is 5.01 Å². The lowest BCUT2D eigenvalue weighted by Crippen LogP contribution is -2.60. The topological polar surface area (TPSA) is 193 Å². The minimum absolute atomic E-state index is 0.117. The van der Waals surface area contributed by atoms with E-state index in [-0.39, 0.29) is 19.5 Å². The van der Waals surface area contributed by atoms with E-state index in [2.05, 4.69) is 26.4 Å². The number of nitrogens with zero attached hydrogens (tertiary/aromatic N) is 2. The highest BCUT2D eigenvalue weighted by Crippen LogP contribution is 2.22. The van der Waals surface area contributed by atoms with Crippen molar-refractivity contribution >= 4 is 24.0 Å². The highest BCUT2D eigenvalue weighted by molar-refractivity contribution is 5.86. The first-order valence-electron chi connectivity index (χ1n) is 16.0. The highest BCUT2D eigenvalue weighted by Gasteiger charge is 2.37. The molecule has 1 aromatic heterocycles. The van der Waals surface area contributed by atoms with Gasteiger partial charge in [-0.3, -0.25) is 20.0 Å². The summed E-state index contributed by atoms with van der Waals surface area (Å²) in [6, 6.07) is 19.1. The summed E-state index contributed by atoms with van der Waals surface area (Å²) in [7, 11) is 0. The Labute approximate surface area is 287 Å². The molecule has 7 N–H and O–H groups in total. The Hall–Kier alpha value is -5.01. The molecule has 0 saturated carbocycles. The summed E-state index contributed by atoms with van der Waals surface area (Å²) >= 11 is 0. The Morgan fingerprint density at radius 1 is 0.714 bits per heavy atom. The molecule has 0 aliphatic carbocycles. The molecule has 4 amide bonds. The quantitative estimate of drug-likeness (QED) is 0.123. The molecule has 3 rings (SSSR count). The molecule has 0 aliphatic rings. The molecule has 0 aliphatic heterocycles. The highest BCUT2D eigenvalue weighted by atomic mass is 16.4. The number of carboxylic acid groups (broad SMARTS) is 2. The molecule has 1 heterocycles. The van der Waals surface area contributed by atoms with Gasteiger partial charge in [0.2, 0.25) is 5.91 Å². The van der Waals surface area contributed by atoms with Crippen LogP contribution in [0.1, 0.15) is 52.7 Å². The van der Waals surface area contributed by atoms with Gasteiger partial charge in [0.05, 0.1) is 17.8 Å². The van der Waals surface area contributed by atoms with Crippen molar-refractivity contribution in [1.29, 1.82) is 0 Å². The van der Waals surface area contributed by atoms with E-state index in [0.29, 0.717) is 0 Å². The molecule has 49 heavy (non-hydrogen) atoms. The van der Waals surface area contributed by atoms with Crippen LogP contribution in [0.15, 0.2) is 79.0 Å². The second-order valence-electron chi connectivity index (χ2n) is 14.1. The molecule has 2 aromatic carbocycles. The molecule has 0 unspecified atom stereocenters. The minimum Gasteiger partial charge on any atom is -0.465 e. The molecule has 3 aromatic rings. The van der Waals surface area contributed by atoms with Gasteiger partial charge in [0.15, 0.2) is 0 Å². The van der Waals surface area contributed by atoms with Crippen molar-refractivity contribution in [3.8, 4) is 11.3 Å². The van der Waals surface area contributed by atoms with Crippen molar-refractivity contribution in [1.82, 2.24) is 31.4 Å². The number of aromatic nitrogens is 1. The Morgan fingerprint density at radius 2 is 1.27 bits per heavy atom. The number of benzene rings is 2. The van der Waals surface area contributed by atoms with E-state index in [0.717, 1.165) is 22.4 Å². The van der Waals surface area contributed by atoms with Crippen LogP contribution in [0.5, 0.6) is 0 Å². The maximum Gasteiger partial charge on any atom is 0.405 e. The van der Waals surface area contributed by atoms with Crippen LogP contribution in [-0.4, -0.2) is 80.1 Å². The predicted molar refractivity (Wildman–Crippen MR) is 185 cm³/mol. The second kappa shape index (κ2) is 16.9. The number of hydrazine groups is 1. The van der Waals surface area contributed by atoms with E-state index in [1.807, 2.05) is 72.8 Å². The number of pyridine rings is 1. The number of aliphatic hydroxyl groups excluding tert-OH is 1. The van der Waals surface area contributed by atoms with Crippen molar-refractivity contribution in [3.05, 3.63) is 90.1 Å². The number of hydrogen-bond acceptors (Lipinski definition) is 7. The predicted octanol–water partition coefficient (Wildman–Crippen LogP) is 4.03. The largest absolute Gasteiger partial charge is 0.465 e. The second-order valence-corrected chi connectivity index (χ2v) is 14.1. The van der Waals surface area contributed by atoms with Gasteiger partial charge in [-0.1, -0.05) is 102 Å². The van der Waals surface area contributed by atoms with Crippen molar-refractivity contribution in [3.63, 3.8) is 0 Å². The number of amides is 4. The fourth-order valence-corrected chi connectivity index (χ4v) is 5.27. The lowest BCUT2D eigenvalue weighted by atomic mass is 9.85. The molecule has 0 radical (unpaired) electrons. The molecule has 13 heteroatoms. The van der Waals surface area contributed by atoms with Gasteiger partial charge in [0, 0.05) is 24.8 Å². The Balaban J connectivity index is 1.94. The van der Waals surface area contributed by atoms with Crippen molar-refractivity contribution in [2.75, 3.05) is 6.54 Å². The van der Waals surface area contributed by atoms with Crippen LogP contribution in [0, 0.1) is 10.8 Å². The lowest BCUT2D eigenvalue weighted by molar-refractivity contribution is -0.132. The van der Waals surface area contributed by atoms with Gasteiger partial charge in [-0.25, -0.2) is 14.6 Å². The van der Waals surface area contributed by atoms with E-state index in [4.69, 9.17) is 0 Å². The zero-order valence-electron chi connectivity index (χ0n) is 28.8. The average molecular weight is 677 g/mol. The van der Waals surface area contributed by atoms with E-state index < -0.39 is 59.1 Å². The zero-order chi connectivity index (χ0) is 36.4. The van der Waals surface area contributed by atoms with Crippen LogP contribution < -0.4 is 21.4 Å². The molecule has 264 valence electrons. The van der Waals surface area contributed by atoms with Gasteiger partial charge in [0.1, 0.15) is 12.1 Å². The number of nitrogens with one attached hydrogen (secondary N) is 4. The van der Waals surface area contributed by atoms with Crippen LogP contribution in [0.25, 0.3) is 11.3 Å². The summed E-state index contributed by atoms with van der Waals surface area (Å²) in [5, 5.41) is 39.5. The molecule has 13 nitrogen and oxygen atoms in total. The first kappa shape index (κ1) is 38.4. The summed E-state index contributed by atoms with van der Waals surface area (Å²) in [5.74, 6) is -1.25. The third-order valence-corrected chi connectivity index (χ3v) is 7.85. The van der Waals surface area contributed by atoms with Crippen LogP contribution in [-0.2, 0) is 22.6 Å². The van der Waals surface area contributed by atoms with Gasteiger partial charge < -0.3 is 31.3 Å². The van der Waals surface area contributed by atoms with Gasteiger partial charge in [-0.2, -0.15) is 0 Å². The van der Waals surface area contributed by atoms with Gasteiger partial charge in [-0.05, 0) is 40.5 Å². The van der Waals surface area contributed by atoms with E-state index in [1.54, 1.807) is 47.7 Å². The van der Waals surface area contributed by atoms with Gasteiger partial charge >= 0.3 is 12.2 Å². The Kier molecular flexibility index (Phi) is 13.2. The average Bonchev–Trinajstić information content (AvgIpc) is 3.02. The normalized spacial score (nSPS) is 14.2. The minimum atomic E-state index is -1.36. The number of hydrogen-bond donors (Lipinski definition) is 7. The fraction of sp³-hybridized carbons (Fsp3) is 0.417. The SMILES string of the molecule is CC(C)(C)[C@H](NC(=O)O)C(=O)N[C@@H](Cc1ccccc1)[C@@H](O)CN(Cc1ccc(-c2ccccn2)cc1)NC(=O)[C@@H](NC(=O)O)C(C)(C)C. The maximum atomic E-state index is 13.6. The standard InChI is InChI=1S/C36H48N6O7/c1-35(2,3)29(39-33(46)47)31(44)38-27(20-23-12-8-7-9-13-23)28(43)22-42(41-32(45)30(36(4,5)6)40-34(48)49)21-24-15-17-25(18-16-24)26-14-10-11-19-37-26/h7-19,27-30,39-40,43H,20-22H2,1-6H3,(H,38,44)(H,41,45)(H,46,47)(H,48,49)/t27-,28-,29+,30+/m0/s1. The summed E-state index contributed by atoms with van der Waals surface area (Å²) in [4.78, 5) is 54.6. The lowest BCUT2D eigenvalue weighted by Gasteiger charge is -2.35. The molecule has 4 atom stereocenters. The summed E-state index contributed by atoms with van der Waals surface area (Å²) in [6.45, 7) is 10.3. The van der Waals surface area contributed by atoms with Crippen LogP contribution in [0.2, 0.25) is 0 Å². The Bertz CT molecular complexity index is 1540. The van der Waals surface area contributed by atoms with Crippen LogP contribution in [0.4, 0.5) is 9.59 Å². The van der Waals surface area contributed by atoms with Gasteiger partial charge in [-0.15, -0.1) is 0 Å². The van der Waals surface area contributed by atoms with Crippen LogP contribution >= 0.6 is 0 Å². The summed E-state index contributed by atoms with van der Waals surface area (Å²) < 4.78 is 0. The molecule has 0 fully saturated rings. The van der Waals surface area contributed by atoms with E-state index >= 15 is 0 Å². The number of rotatable bonds is 14. The van der Waals surface area contributed by atoms with Gasteiger partial charge in [0.25, 0.3) is 5.91 Å². The van der Waals surface area contributed by atoms with Crippen molar-refractivity contribution in [2.24, 2.45) is 10.8 Å². The molecule has 0 spiro atoms. The number of carbonyl (C=O) groups is 4.